The second kappa shape index (κ2) is 9.86. The molecule has 0 aliphatic carbocycles. The van der Waals surface area contributed by atoms with Crippen molar-refractivity contribution in [1.82, 2.24) is 9.88 Å². The molecule has 0 fully saturated rings. The summed E-state index contributed by atoms with van der Waals surface area (Å²) in [4.78, 5) is 21.7. The van der Waals surface area contributed by atoms with Crippen molar-refractivity contribution in [3.63, 3.8) is 0 Å². The minimum atomic E-state index is -0.295. The van der Waals surface area contributed by atoms with Crippen molar-refractivity contribution in [1.29, 1.82) is 0 Å². The van der Waals surface area contributed by atoms with Crippen molar-refractivity contribution in [3.8, 4) is 0 Å². The molecule has 0 bridgehead atoms. The van der Waals surface area contributed by atoms with Crippen LogP contribution in [0, 0.1) is 5.82 Å². The first kappa shape index (κ1) is 24.3. The summed E-state index contributed by atoms with van der Waals surface area (Å²) in [6, 6.07) is 12.3. The summed E-state index contributed by atoms with van der Waals surface area (Å²) in [5.41, 5.74) is 2.56. The Morgan fingerprint density at radius 3 is 2.33 bits per heavy atom. The van der Waals surface area contributed by atoms with E-state index in [2.05, 4.69) is 30.7 Å². The van der Waals surface area contributed by atoms with E-state index in [4.69, 9.17) is 0 Å². The first-order chi connectivity index (χ1) is 13.6. The van der Waals surface area contributed by atoms with Crippen molar-refractivity contribution in [2.75, 3.05) is 32.1 Å². The van der Waals surface area contributed by atoms with E-state index in [-0.39, 0.29) is 29.5 Å². The fraction of sp³-hybridized carbons (Fsp3) is 0.391. The van der Waals surface area contributed by atoms with Crippen LogP contribution in [-0.2, 0) is 5.41 Å². The van der Waals surface area contributed by atoms with E-state index in [0.717, 1.165) is 17.7 Å². The molecule has 4 nitrogen and oxygen atoms in total. The molecule has 1 heterocycles. The number of hydrogen-bond acceptors (Lipinski definition) is 4. The maximum Gasteiger partial charge on any atom is 0.260 e. The lowest BCUT2D eigenvalue weighted by atomic mass is 9.86. The van der Waals surface area contributed by atoms with Crippen LogP contribution in [0.15, 0.2) is 42.5 Å². The van der Waals surface area contributed by atoms with Crippen molar-refractivity contribution >= 4 is 45.0 Å². The number of fused-ring (bicyclic) bond motifs is 1. The Hall–Kier alpha value is -2.02. The van der Waals surface area contributed by atoms with Crippen LogP contribution in [0.5, 0.6) is 0 Å². The van der Waals surface area contributed by atoms with Crippen LogP contribution in [0.3, 0.4) is 0 Å². The summed E-state index contributed by atoms with van der Waals surface area (Å²) in [7, 11) is 4.02. The molecule has 0 N–H and O–H groups in total. The average molecular weight is 450 g/mol. The highest BCUT2D eigenvalue weighted by molar-refractivity contribution is 7.22. The fourth-order valence-corrected chi connectivity index (χ4v) is 4.11. The molecule has 2 aromatic carbocycles. The van der Waals surface area contributed by atoms with Gasteiger partial charge in [0.25, 0.3) is 5.91 Å². The third-order valence-corrected chi connectivity index (χ3v) is 5.84. The molecule has 162 valence electrons. The highest BCUT2D eigenvalue weighted by Crippen LogP contribution is 2.31. The number of halogens is 2. The lowest BCUT2D eigenvalue weighted by Crippen LogP contribution is -2.33. The van der Waals surface area contributed by atoms with Crippen LogP contribution >= 0.6 is 23.7 Å². The molecule has 3 aromatic rings. The largest absolute Gasteiger partial charge is 0.309 e. The molecule has 0 spiro atoms. The minimum Gasteiger partial charge on any atom is -0.309 e. The summed E-state index contributed by atoms with van der Waals surface area (Å²) in [5, 5.41) is 0.606. The van der Waals surface area contributed by atoms with Gasteiger partial charge in [0.15, 0.2) is 5.13 Å². The smallest absolute Gasteiger partial charge is 0.260 e. The Bertz CT molecular complexity index is 996. The zero-order valence-corrected chi connectivity index (χ0v) is 19.7. The van der Waals surface area contributed by atoms with E-state index >= 15 is 0 Å². The molecule has 3 rings (SSSR count). The number of carbonyl (C=O) groups is 1. The van der Waals surface area contributed by atoms with Crippen molar-refractivity contribution in [3.05, 3.63) is 59.4 Å². The SMILES string of the molecule is CN(C)CCCN(C(=O)c1ccc(C(C)(C)C)cc1)c1nc2ccc(F)cc2s1.Cl. The first-order valence-corrected chi connectivity index (χ1v) is 10.6. The van der Waals surface area contributed by atoms with Gasteiger partial charge in [0, 0.05) is 12.1 Å². The average Bonchev–Trinajstić information content (AvgIpc) is 3.06. The number of anilines is 1. The number of benzene rings is 2. The molecular weight excluding hydrogens is 421 g/mol. The van der Waals surface area contributed by atoms with Gasteiger partial charge in [-0.2, -0.15) is 0 Å². The van der Waals surface area contributed by atoms with E-state index in [1.807, 2.05) is 38.4 Å². The van der Waals surface area contributed by atoms with Crippen molar-refractivity contribution in [2.24, 2.45) is 0 Å². The van der Waals surface area contributed by atoms with Crippen molar-refractivity contribution < 1.29 is 9.18 Å². The molecule has 7 heteroatoms. The van der Waals surface area contributed by atoms with Gasteiger partial charge in [-0.25, -0.2) is 9.37 Å². The highest BCUT2D eigenvalue weighted by Gasteiger charge is 2.22. The summed E-state index contributed by atoms with van der Waals surface area (Å²) >= 11 is 1.35. The topological polar surface area (TPSA) is 36.4 Å². The number of thiazole rings is 1. The lowest BCUT2D eigenvalue weighted by molar-refractivity contribution is 0.0986. The Labute approximate surface area is 188 Å². The van der Waals surface area contributed by atoms with Gasteiger partial charge in [-0.05, 0) is 68.4 Å². The van der Waals surface area contributed by atoms with E-state index in [9.17, 15) is 9.18 Å². The maximum atomic E-state index is 13.6. The van der Waals surface area contributed by atoms with E-state index in [1.165, 1.54) is 29.0 Å². The van der Waals surface area contributed by atoms with Gasteiger partial charge in [-0.1, -0.05) is 44.2 Å². The molecule has 0 saturated heterocycles. The van der Waals surface area contributed by atoms with E-state index in [0.29, 0.717) is 22.8 Å². The van der Waals surface area contributed by atoms with Gasteiger partial charge in [0.05, 0.1) is 10.2 Å². The Morgan fingerprint density at radius 2 is 1.73 bits per heavy atom. The minimum absolute atomic E-state index is 0. The highest BCUT2D eigenvalue weighted by atomic mass is 35.5. The lowest BCUT2D eigenvalue weighted by Gasteiger charge is -2.22. The number of hydrogen-bond donors (Lipinski definition) is 0. The molecule has 1 amide bonds. The summed E-state index contributed by atoms with van der Waals surface area (Å²) < 4.78 is 14.3. The van der Waals surface area contributed by atoms with Crippen LogP contribution in [-0.4, -0.2) is 43.0 Å². The molecule has 0 aliphatic rings. The number of amides is 1. The zero-order valence-electron chi connectivity index (χ0n) is 18.1. The zero-order chi connectivity index (χ0) is 21.2. The molecule has 0 saturated carbocycles. The molecule has 0 atom stereocenters. The quantitative estimate of drug-likeness (QED) is 0.480. The number of carbonyl (C=O) groups excluding carboxylic acids is 1. The van der Waals surface area contributed by atoms with Gasteiger partial charge in [0.2, 0.25) is 0 Å². The predicted molar refractivity (Wildman–Crippen MR) is 127 cm³/mol. The van der Waals surface area contributed by atoms with E-state index < -0.39 is 0 Å². The summed E-state index contributed by atoms with van der Waals surface area (Å²) in [5.74, 6) is -0.375. The fourth-order valence-electron chi connectivity index (χ4n) is 3.10. The second-order valence-corrected chi connectivity index (χ2v) is 9.56. The molecule has 30 heavy (non-hydrogen) atoms. The van der Waals surface area contributed by atoms with Gasteiger partial charge in [0.1, 0.15) is 5.82 Å². The molecule has 0 aliphatic heterocycles. The van der Waals surface area contributed by atoms with Crippen LogP contribution in [0.1, 0.15) is 43.1 Å². The standard InChI is InChI=1S/C23H28FN3OS.ClH/c1-23(2,3)17-9-7-16(8-10-17)21(28)27(14-6-13-26(4)5)22-25-19-12-11-18(24)15-20(19)29-22;/h7-12,15H,6,13-14H2,1-5H3;1H. The molecule has 1 aromatic heterocycles. The summed E-state index contributed by atoms with van der Waals surface area (Å²) in [6.45, 7) is 7.87. The summed E-state index contributed by atoms with van der Waals surface area (Å²) in [6.07, 6.45) is 0.823. The normalized spacial score (nSPS) is 11.6. The third-order valence-electron chi connectivity index (χ3n) is 4.80. The van der Waals surface area contributed by atoms with Crippen LogP contribution in [0.4, 0.5) is 9.52 Å². The monoisotopic (exact) mass is 449 g/mol. The van der Waals surface area contributed by atoms with E-state index in [1.54, 1.807) is 11.0 Å². The van der Waals surface area contributed by atoms with Gasteiger partial charge in [-0.15, -0.1) is 12.4 Å². The van der Waals surface area contributed by atoms with Crippen LogP contribution < -0.4 is 4.90 Å². The van der Waals surface area contributed by atoms with Crippen LogP contribution in [0.2, 0.25) is 0 Å². The molecule has 0 radical (unpaired) electrons. The Balaban J connectivity index is 0.00000320. The van der Waals surface area contributed by atoms with Gasteiger partial charge < -0.3 is 4.90 Å². The first-order valence-electron chi connectivity index (χ1n) is 9.78. The Kier molecular flexibility index (Phi) is 7.97. The van der Waals surface area contributed by atoms with Gasteiger partial charge in [-0.3, -0.25) is 9.69 Å². The van der Waals surface area contributed by atoms with Crippen molar-refractivity contribution in [2.45, 2.75) is 32.6 Å². The Morgan fingerprint density at radius 1 is 1.07 bits per heavy atom. The molecule has 0 unspecified atom stereocenters. The number of nitrogens with zero attached hydrogens (tertiary/aromatic N) is 3. The number of rotatable bonds is 6. The van der Waals surface area contributed by atoms with Crippen LogP contribution in [0.25, 0.3) is 10.2 Å². The van der Waals surface area contributed by atoms with Gasteiger partial charge >= 0.3 is 0 Å². The molecular formula is C23H29ClFN3OS. The number of aromatic nitrogens is 1. The predicted octanol–water partition coefficient (Wildman–Crippen LogP) is 5.75. The maximum absolute atomic E-state index is 13.6. The third kappa shape index (κ3) is 5.78. The second-order valence-electron chi connectivity index (χ2n) is 8.55.